The molecule has 1 aromatic rings. The van der Waals surface area contributed by atoms with E-state index in [1.807, 2.05) is 48.6 Å². The van der Waals surface area contributed by atoms with Gasteiger partial charge in [-0.15, -0.1) is 0 Å². The van der Waals surface area contributed by atoms with Crippen LogP contribution in [0.25, 0.3) is 6.08 Å². The van der Waals surface area contributed by atoms with Crippen molar-refractivity contribution in [3.05, 3.63) is 65.8 Å². The van der Waals surface area contributed by atoms with Crippen LogP contribution in [0.5, 0.6) is 0 Å². The lowest BCUT2D eigenvalue weighted by Crippen LogP contribution is -1.92. The van der Waals surface area contributed by atoms with Gasteiger partial charge in [0.2, 0.25) is 0 Å². The minimum atomic E-state index is 0.123. The van der Waals surface area contributed by atoms with Crippen molar-refractivity contribution in [2.75, 3.05) is 0 Å². The molecule has 0 heterocycles. The third kappa shape index (κ3) is 2.37. The Morgan fingerprint density at radius 2 is 1.88 bits per heavy atom. The molecule has 0 N–H and O–H groups in total. The zero-order chi connectivity index (χ0) is 11.4. The zero-order valence-corrected chi connectivity index (χ0v) is 9.15. The number of carbonyl (C=O) groups excluding carboxylic acids is 1. The van der Waals surface area contributed by atoms with Gasteiger partial charge in [0, 0.05) is 5.57 Å². The van der Waals surface area contributed by atoms with Gasteiger partial charge in [-0.1, -0.05) is 55.1 Å². The summed E-state index contributed by atoms with van der Waals surface area (Å²) in [5.74, 6) is 0.123. The third-order valence-corrected chi connectivity index (χ3v) is 2.69. The molecule has 1 fully saturated rings. The Bertz CT molecular complexity index is 463. The number of allylic oxidation sites excluding steroid dienone is 4. The molecule has 0 amide bonds. The summed E-state index contributed by atoms with van der Waals surface area (Å²) in [6.07, 6.45) is 7.47. The fourth-order valence-corrected chi connectivity index (χ4v) is 1.74. The highest BCUT2D eigenvalue weighted by molar-refractivity contribution is 6.10. The monoisotopic (exact) mass is 210 g/mol. The maximum absolute atomic E-state index is 11.5. The maximum atomic E-state index is 11.5. The molecule has 1 saturated carbocycles. The number of hydrogen-bond donors (Lipinski definition) is 0. The van der Waals surface area contributed by atoms with E-state index in [0.29, 0.717) is 0 Å². The average molecular weight is 210 g/mol. The van der Waals surface area contributed by atoms with Crippen molar-refractivity contribution in [3.63, 3.8) is 0 Å². The summed E-state index contributed by atoms with van der Waals surface area (Å²) >= 11 is 0. The van der Waals surface area contributed by atoms with E-state index in [2.05, 4.69) is 6.58 Å². The van der Waals surface area contributed by atoms with Gasteiger partial charge < -0.3 is 0 Å². The molecule has 0 unspecified atom stereocenters. The van der Waals surface area contributed by atoms with Crippen LogP contribution in [0.15, 0.2) is 60.2 Å². The molecule has 16 heavy (non-hydrogen) atoms. The SMILES string of the molecule is C=C1CC/C(=C\C=C\c2ccccc2)C1=O. The van der Waals surface area contributed by atoms with Crippen LogP contribution in [0.1, 0.15) is 18.4 Å². The first-order chi connectivity index (χ1) is 7.77. The summed E-state index contributed by atoms with van der Waals surface area (Å²) in [6.45, 7) is 3.74. The molecule has 1 aromatic carbocycles. The van der Waals surface area contributed by atoms with E-state index in [1.54, 1.807) is 0 Å². The van der Waals surface area contributed by atoms with E-state index in [0.717, 1.165) is 29.6 Å². The molecular weight excluding hydrogens is 196 g/mol. The van der Waals surface area contributed by atoms with Crippen LogP contribution in [0, 0.1) is 0 Å². The molecule has 0 aromatic heterocycles. The predicted octanol–water partition coefficient (Wildman–Crippen LogP) is 3.55. The van der Waals surface area contributed by atoms with Crippen molar-refractivity contribution in [1.29, 1.82) is 0 Å². The highest BCUT2D eigenvalue weighted by atomic mass is 16.1. The lowest BCUT2D eigenvalue weighted by atomic mass is 10.1. The number of Topliss-reactive ketones (excluding diaryl/α,β-unsaturated/α-hetero) is 1. The molecule has 0 atom stereocenters. The maximum Gasteiger partial charge on any atom is 0.184 e. The highest BCUT2D eigenvalue weighted by Crippen LogP contribution is 2.24. The summed E-state index contributed by atoms with van der Waals surface area (Å²) in [6, 6.07) is 10.0. The highest BCUT2D eigenvalue weighted by Gasteiger charge is 2.19. The molecule has 2 rings (SSSR count). The van der Waals surface area contributed by atoms with E-state index in [1.165, 1.54) is 0 Å². The predicted molar refractivity (Wildman–Crippen MR) is 66.9 cm³/mol. The Morgan fingerprint density at radius 1 is 1.12 bits per heavy atom. The van der Waals surface area contributed by atoms with E-state index in [4.69, 9.17) is 0 Å². The lowest BCUT2D eigenvalue weighted by molar-refractivity contribution is -0.111. The number of hydrogen-bond acceptors (Lipinski definition) is 1. The van der Waals surface area contributed by atoms with Gasteiger partial charge in [-0.2, -0.15) is 0 Å². The Balaban J connectivity index is 2.07. The van der Waals surface area contributed by atoms with Crippen LogP contribution in [-0.2, 0) is 4.79 Å². The van der Waals surface area contributed by atoms with Crippen molar-refractivity contribution < 1.29 is 4.79 Å². The van der Waals surface area contributed by atoms with Crippen LogP contribution in [0.2, 0.25) is 0 Å². The molecule has 0 saturated heterocycles. The smallest absolute Gasteiger partial charge is 0.184 e. The molecule has 1 aliphatic rings. The van der Waals surface area contributed by atoms with Gasteiger partial charge in [0.15, 0.2) is 5.78 Å². The van der Waals surface area contributed by atoms with Gasteiger partial charge in [-0.25, -0.2) is 0 Å². The fourth-order valence-electron chi connectivity index (χ4n) is 1.74. The van der Waals surface area contributed by atoms with Gasteiger partial charge in [-0.05, 0) is 24.0 Å². The molecule has 0 aliphatic heterocycles. The first-order valence-corrected chi connectivity index (χ1v) is 5.42. The molecule has 0 radical (unpaired) electrons. The Hall–Kier alpha value is -1.89. The molecule has 0 bridgehead atoms. The Kier molecular flexibility index (Phi) is 3.16. The second-order valence-electron chi connectivity index (χ2n) is 3.89. The molecular formula is C15H14O. The average Bonchev–Trinajstić information content (AvgIpc) is 2.62. The van der Waals surface area contributed by atoms with Crippen LogP contribution in [0.3, 0.4) is 0 Å². The van der Waals surface area contributed by atoms with Crippen LogP contribution >= 0.6 is 0 Å². The van der Waals surface area contributed by atoms with E-state index < -0.39 is 0 Å². The second-order valence-corrected chi connectivity index (χ2v) is 3.89. The summed E-state index contributed by atoms with van der Waals surface area (Å²) < 4.78 is 0. The third-order valence-electron chi connectivity index (χ3n) is 2.69. The van der Waals surface area contributed by atoms with Gasteiger partial charge in [0.25, 0.3) is 0 Å². The topological polar surface area (TPSA) is 17.1 Å². The van der Waals surface area contributed by atoms with Crippen molar-refractivity contribution in [2.24, 2.45) is 0 Å². The normalized spacial score (nSPS) is 18.9. The lowest BCUT2D eigenvalue weighted by Gasteiger charge is -1.91. The van der Waals surface area contributed by atoms with Gasteiger partial charge in [0.1, 0.15) is 0 Å². The quantitative estimate of drug-likeness (QED) is 0.682. The number of rotatable bonds is 2. The number of carbonyl (C=O) groups is 1. The second kappa shape index (κ2) is 4.75. The largest absolute Gasteiger partial charge is 0.289 e. The minimum Gasteiger partial charge on any atom is -0.289 e. The van der Waals surface area contributed by atoms with E-state index >= 15 is 0 Å². The minimum absolute atomic E-state index is 0.123. The van der Waals surface area contributed by atoms with Gasteiger partial charge in [-0.3, -0.25) is 4.79 Å². The first-order valence-electron chi connectivity index (χ1n) is 5.42. The van der Waals surface area contributed by atoms with Gasteiger partial charge >= 0.3 is 0 Å². The van der Waals surface area contributed by atoms with Crippen molar-refractivity contribution in [3.8, 4) is 0 Å². The van der Waals surface area contributed by atoms with Gasteiger partial charge in [0.05, 0.1) is 0 Å². The summed E-state index contributed by atoms with van der Waals surface area (Å²) in [5, 5.41) is 0. The van der Waals surface area contributed by atoms with Crippen molar-refractivity contribution in [1.82, 2.24) is 0 Å². The van der Waals surface area contributed by atoms with E-state index in [9.17, 15) is 4.79 Å². The zero-order valence-electron chi connectivity index (χ0n) is 9.15. The first kappa shape index (κ1) is 10.6. The molecule has 1 nitrogen and oxygen atoms in total. The van der Waals surface area contributed by atoms with E-state index in [-0.39, 0.29) is 5.78 Å². The fraction of sp³-hybridized carbons (Fsp3) is 0.133. The summed E-state index contributed by atoms with van der Waals surface area (Å²) in [4.78, 5) is 11.5. The Morgan fingerprint density at radius 3 is 2.50 bits per heavy atom. The Labute approximate surface area is 95.8 Å². The molecule has 80 valence electrons. The molecule has 0 spiro atoms. The molecule has 1 aliphatic carbocycles. The number of benzene rings is 1. The number of ketones is 1. The standard InChI is InChI=1S/C15H14O/c1-12-10-11-14(15(12)16)9-5-8-13-6-3-2-4-7-13/h2-9H,1,10-11H2/b8-5+,14-9+. The summed E-state index contributed by atoms with van der Waals surface area (Å²) in [5.41, 5.74) is 2.75. The molecule has 1 heteroatoms. The van der Waals surface area contributed by atoms with Crippen LogP contribution < -0.4 is 0 Å². The van der Waals surface area contributed by atoms with Crippen molar-refractivity contribution in [2.45, 2.75) is 12.8 Å². The summed E-state index contributed by atoms with van der Waals surface area (Å²) in [7, 11) is 0. The van der Waals surface area contributed by atoms with Crippen LogP contribution in [0.4, 0.5) is 0 Å². The van der Waals surface area contributed by atoms with Crippen LogP contribution in [-0.4, -0.2) is 5.78 Å². The van der Waals surface area contributed by atoms with Crippen molar-refractivity contribution >= 4 is 11.9 Å².